The van der Waals surface area contributed by atoms with Crippen molar-refractivity contribution in [2.45, 2.75) is 45.1 Å². The summed E-state index contributed by atoms with van der Waals surface area (Å²) in [5, 5.41) is 5.71. The molecule has 2 N–H and O–H groups in total. The molecule has 0 radical (unpaired) electrons. The zero-order valence-electron chi connectivity index (χ0n) is 14.5. The van der Waals surface area contributed by atoms with Crippen molar-refractivity contribution < 1.29 is 19.1 Å². The van der Waals surface area contributed by atoms with Gasteiger partial charge in [-0.3, -0.25) is 14.9 Å². The number of hydrogen-bond acceptors (Lipinski definition) is 4. The number of esters is 1. The third kappa shape index (κ3) is 6.50. The summed E-state index contributed by atoms with van der Waals surface area (Å²) < 4.78 is 4.88. The van der Waals surface area contributed by atoms with Crippen molar-refractivity contribution >= 4 is 41.1 Å². The molecular weight excluding hydrogens is 379 g/mol. The van der Waals surface area contributed by atoms with Gasteiger partial charge in [-0.05, 0) is 36.5 Å². The van der Waals surface area contributed by atoms with E-state index in [4.69, 9.17) is 27.9 Å². The zero-order chi connectivity index (χ0) is 19.1. The number of halogens is 2. The monoisotopic (exact) mass is 400 g/mol. The second kappa shape index (κ2) is 9.78. The third-order valence-corrected chi connectivity index (χ3v) is 5.12. The predicted molar refractivity (Wildman–Crippen MR) is 99.2 cm³/mol. The molecule has 1 aliphatic carbocycles. The molecule has 8 heteroatoms. The normalized spacial score (nSPS) is 19.5. The number of ether oxygens (including phenoxy) is 1. The van der Waals surface area contributed by atoms with Crippen LogP contribution in [-0.2, 0) is 20.7 Å². The van der Waals surface area contributed by atoms with E-state index in [-0.39, 0.29) is 12.5 Å². The van der Waals surface area contributed by atoms with Crippen molar-refractivity contribution in [2.75, 3.05) is 6.61 Å². The summed E-state index contributed by atoms with van der Waals surface area (Å²) in [4.78, 5) is 35.4. The zero-order valence-corrected chi connectivity index (χ0v) is 16.0. The van der Waals surface area contributed by atoms with Crippen LogP contribution in [0.2, 0.25) is 10.0 Å². The van der Waals surface area contributed by atoms with E-state index in [2.05, 4.69) is 17.6 Å². The number of benzene rings is 1. The second-order valence-electron chi connectivity index (χ2n) is 6.48. The van der Waals surface area contributed by atoms with E-state index in [9.17, 15) is 14.4 Å². The number of imide groups is 1. The fourth-order valence-corrected chi connectivity index (χ4v) is 3.23. The van der Waals surface area contributed by atoms with Crippen LogP contribution in [0.4, 0.5) is 4.79 Å². The summed E-state index contributed by atoms with van der Waals surface area (Å²) in [5.74, 6) is -0.887. The summed E-state index contributed by atoms with van der Waals surface area (Å²) >= 11 is 11.7. The van der Waals surface area contributed by atoms with Crippen LogP contribution >= 0.6 is 23.2 Å². The van der Waals surface area contributed by atoms with Crippen molar-refractivity contribution in [1.82, 2.24) is 10.6 Å². The fraction of sp³-hybridized carbons (Fsp3) is 0.500. The Hall–Kier alpha value is -1.79. The minimum atomic E-state index is -0.673. The Kier molecular flexibility index (Phi) is 7.72. The highest BCUT2D eigenvalue weighted by atomic mass is 35.5. The van der Waals surface area contributed by atoms with E-state index < -0.39 is 24.5 Å². The van der Waals surface area contributed by atoms with E-state index in [1.807, 2.05) is 0 Å². The molecule has 0 unspecified atom stereocenters. The SMILES string of the molecule is C[C@@H]1CCCC[C@H]1NC(=O)NC(=O)COC(=O)Cc1ccc(Cl)c(Cl)c1. The smallest absolute Gasteiger partial charge is 0.321 e. The minimum Gasteiger partial charge on any atom is -0.455 e. The van der Waals surface area contributed by atoms with Gasteiger partial charge in [-0.2, -0.15) is 0 Å². The Labute approximate surface area is 162 Å². The molecule has 2 atom stereocenters. The van der Waals surface area contributed by atoms with Gasteiger partial charge >= 0.3 is 12.0 Å². The molecular formula is C18H22Cl2N2O4. The molecule has 26 heavy (non-hydrogen) atoms. The molecule has 0 aromatic heterocycles. The van der Waals surface area contributed by atoms with Crippen molar-refractivity contribution in [3.63, 3.8) is 0 Å². The molecule has 3 amide bonds. The number of carbonyl (C=O) groups is 3. The van der Waals surface area contributed by atoms with Crippen LogP contribution in [0.5, 0.6) is 0 Å². The van der Waals surface area contributed by atoms with Gasteiger partial charge < -0.3 is 10.1 Å². The lowest BCUT2D eigenvalue weighted by molar-refractivity contribution is -0.147. The molecule has 1 aromatic carbocycles. The quantitative estimate of drug-likeness (QED) is 0.740. The van der Waals surface area contributed by atoms with Crippen LogP contribution < -0.4 is 10.6 Å². The maximum absolute atomic E-state index is 11.9. The first kappa shape index (κ1) is 20.5. The van der Waals surface area contributed by atoms with Crippen LogP contribution in [0.25, 0.3) is 0 Å². The number of nitrogens with one attached hydrogen (secondary N) is 2. The van der Waals surface area contributed by atoms with E-state index in [1.54, 1.807) is 18.2 Å². The molecule has 0 heterocycles. The van der Waals surface area contributed by atoms with Crippen molar-refractivity contribution in [3.05, 3.63) is 33.8 Å². The maximum atomic E-state index is 11.9. The predicted octanol–water partition coefficient (Wildman–Crippen LogP) is 3.48. The minimum absolute atomic E-state index is 0.0457. The third-order valence-electron chi connectivity index (χ3n) is 4.38. The Morgan fingerprint density at radius 3 is 2.58 bits per heavy atom. The first-order valence-electron chi connectivity index (χ1n) is 8.55. The first-order chi connectivity index (χ1) is 12.3. The number of carbonyl (C=O) groups excluding carboxylic acids is 3. The number of rotatable bonds is 5. The molecule has 0 aliphatic heterocycles. The Balaban J connectivity index is 1.71. The molecule has 0 bridgehead atoms. The lowest BCUT2D eigenvalue weighted by atomic mass is 9.86. The van der Waals surface area contributed by atoms with Gasteiger partial charge in [0.25, 0.3) is 5.91 Å². The first-order valence-corrected chi connectivity index (χ1v) is 9.30. The van der Waals surface area contributed by atoms with Gasteiger partial charge in [-0.1, -0.05) is 49.0 Å². The van der Waals surface area contributed by atoms with E-state index >= 15 is 0 Å². The molecule has 6 nitrogen and oxygen atoms in total. The summed E-state index contributed by atoms with van der Waals surface area (Å²) in [5.41, 5.74) is 0.619. The molecule has 142 valence electrons. The summed E-state index contributed by atoms with van der Waals surface area (Å²) in [7, 11) is 0. The van der Waals surface area contributed by atoms with Crippen LogP contribution in [0.15, 0.2) is 18.2 Å². The summed E-state index contributed by atoms with van der Waals surface area (Å²) in [6, 6.07) is 4.29. The molecule has 1 aliphatic rings. The highest BCUT2D eigenvalue weighted by molar-refractivity contribution is 6.42. The molecule has 1 saturated carbocycles. The largest absolute Gasteiger partial charge is 0.455 e. The number of amides is 3. The van der Waals surface area contributed by atoms with Gasteiger partial charge in [0, 0.05) is 6.04 Å². The fourth-order valence-electron chi connectivity index (χ4n) is 2.91. The van der Waals surface area contributed by atoms with Crippen LogP contribution in [-0.4, -0.2) is 30.6 Å². The van der Waals surface area contributed by atoms with Crippen LogP contribution in [0, 0.1) is 5.92 Å². The Bertz CT molecular complexity index is 681. The highest BCUT2D eigenvalue weighted by Gasteiger charge is 2.23. The van der Waals surface area contributed by atoms with Crippen LogP contribution in [0.3, 0.4) is 0 Å². The Morgan fingerprint density at radius 1 is 1.15 bits per heavy atom. The molecule has 1 aromatic rings. The van der Waals surface area contributed by atoms with Crippen molar-refractivity contribution in [1.29, 1.82) is 0 Å². The lowest BCUT2D eigenvalue weighted by Crippen LogP contribution is -2.48. The van der Waals surface area contributed by atoms with Crippen molar-refractivity contribution in [3.8, 4) is 0 Å². The molecule has 1 fully saturated rings. The summed E-state index contributed by atoms with van der Waals surface area (Å²) in [6.07, 6.45) is 4.15. The highest BCUT2D eigenvalue weighted by Crippen LogP contribution is 2.24. The van der Waals surface area contributed by atoms with Gasteiger partial charge in [-0.15, -0.1) is 0 Å². The van der Waals surface area contributed by atoms with Crippen molar-refractivity contribution in [2.24, 2.45) is 5.92 Å². The standard InChI is InChI=1S/C18H22Cl2N2O4/c1-11-4-2-3-5-15(11)21-18(25)22-16(23)10-26-17(24)9-12-6-7-13(19)14(20)8-12/h6-8,11,15H,2-5,9-10H2,1H3,(H2,21,22,23,25)/t11-,15-/m1/s1. The van der Waals surface area contributed by atoms with E-state index in [0.717, 1.165) is 25.7 Å². The van der Waals surface area contributed by atoms with Gasteiger partial charge in [-0.25, -0.2) is 4.79 Å². The van der Waals surface area contributed by atoms with E-state index in [0.29, 0.717) is 21.5 Å². The van der Waals surface area contributed by atoms with Gasteiger partial charge in [0.1, 0.15) is 0 Å². The topological polar surface area (TPSA) is 84.5 Å². The number of hydrogen-bond donors (Lipinski definition) is 2. The Morgan fingerprint density at radius 2 is 1.88 bits per heavy atom. The molecule has 0 saturated heterocycles. The van der Waals surface area contributed by atoms with Gasteiger partial charge in [0.2, 0.25) is 0 Å². The maximum Gasteiger partial charge on any atom is 0.321 e. The lowest BCUT2D eigenvalue weighted by Gasteiger charge is -2.29. The summed E-state index contributed by atoms with van der Waals surface area (Å²) in [6.45, 7) is 1.56. The number of urea groups is 1. The molecule has 2 rings (SSSR count). The van der Waals surface area contributed by atoms with Crippen LogP contribution in [0.1, 0.15) is 38.2 Å². The average molecular weight is 401 g/mol. The van der Waals surface area contributed by atoms with E-state index in [1.165, 1.54) is 0 Å². The average Bonchev–Trinajstić information content (AvgIpc) is 2.58. The van der Waals surface area contributed by atoms with Gasteiger partial charge in [0.15, 0.2) is 6.61 Å². The van der Waals surface area contributed by atoms with Gasteiger partial charge in [0.05, 0.1) is 16.5 Å². The second-order valence-corrected chi connectivity index (χ2v) is 7.29. The molecule has 0 spiro atoms.